The van der Waals surface area contributed by atoms with Crippen LogP contribution in [-0.4, -0.2) is 47.3 Å². The van der Waals surface area contributed by atoms with Gasteiger partial charge in [-0.3, -0.25) is 0 Å². The number of nitrogens with one attached hydrogen (secondary N) is 2. The van der Waals surface area contributed by atoms with Gasteiger partial charge in [-0.2, -0.15) is 4.98 Å². The first-order valence-corrected chi connectivity index (χ1v) is 11.7. The van der Waals surface area contributed by atoms with E-state index in [1.165, 1.54) is 6.07 Å². The molecule has 0 amide bonds. The molecule has 1 saturated heterocycles. The van der Waals surface area contributed by atoms with Crippen LogP contribution in [0.2, 0.25) is 5.02 Å². The Kier molecular flexibility index (Phi) is 5.39. The highest BCUT2D eigenvalue weighted by Gasteiger charge is 2.23. The predicted octanol–water partition coefficient (Wildman–Crippen LogP) is 3.91. The highest BCUT2D eigenvalue weighted by atomic mass is 35.5. The molecule has 34 heavy (non-hydrogen) atoms. The van der Waals surface area contributed by atoms with Gasteiger partial charge in [-0.05, 0) is 30.3 Å². The van der Waals surface area contributed by atoms with Crippen molar-refractivity contribution in [3.05, 3.63) is 71.2 Å². The molecule has 0 unspecified atom stereocenters. The molecule has 0 aromatic heterocycles. The number of aromatic nitrogens is 3. The van der Waals surface area contributed by atoms with Crippen LogP contribution in [0.3, 0.4) is 0 Å². The van der Waals surface area contributed by atoms with Gasteiger partial charge in [0.15, 0.2) is 5.82 Å². The van der Waals surface area contributed by atoms with E-state index in [-0.39, 0.29) is 17.1 Å². The summed E-state index contributed by atoms with van der Waals surface area (Å²) in [6, 6.07) is 14.9. The third kappa shape index (κ3) is 3.78. The van der Waals surface area contributed by atoms with Gasteiger partial charge in [-0.15, -0.1) is 0 Å². The lowest BCUT2D eigenvalue weighted by Gasteiger charge is -2.29. The number of hydrogen-bond acceptors (Lipinski definition) is 6. The average molecular weight is 476 g/mol. The molecule has 6 rings (SSSR count). The molecule has 4 aliphatic rings. The van der Waals surface area contributed by atoms with Crippen LogP contribution < -0.4 is 21.2 Å². The third-order valence-corrected chi connectivity index (χ3v) is 6.62. The van der Waals surface area contributed by atoms with Crippen molar-refractivity contribution in [1.82, 2.24) is 19.9 Å². The van der Waals surface area contributed by atoms with Gasteiger partial charge < -0.3 is 20.1 Å². The largest absolute Gasteiger partial charge is 0.369 e. The molecule has 2 N–H and O–H groups in total. The summed E-state index contributed by atoms with van der Waals surface area (Å²) in [4.78, 5) is 15.7. The van der Waals surface area contributed by atoms with Crippen molar-refractivity contribution in [3.63, 3.8) is 0 Å². The number of fused-ring (bicyclic) bond motifs is 3. The lowest BCUT2D eigenvalue weighted by molar-refractivity contribution is 0.585. The fraction of sp³-hybridized carbons (Fsp3) is 0.240. The lowest BCUT2D eigenvalue weighted by Crippen LogP contribution is -2.43. The van der Waals surface area contributed by atoms with Gasteiger partial charge in [0.2, 0.25) is 0 Å². The Morgan fingerprint density at radius 2 is 1.82 bits per heavy atom. The summed E-state index contributed by atoms with van der Waals surface area (Å²) < 4.78 is 17.0. The van der Waals surface area contributed by atoms with Crippen molar-refractivity contribution in [2.45, 2.75) is 6.54 Å². The van der Waals surface area contributed by atoms with Crippen LogP contribution in [0, 0.1) is 5.82 Å². The Hall–Kier alpha value is -3.49. The molecule has 2 aromatic carbocycles. The smallest absolute Gasteiger partial charge is 0.251 e. The van der Waals surface area contributed by atoms with E-state index < -0.39 is 0 Å². The number of benzene rings is 2. The molecule has 0 saturated carbocycles. The Bertz CT molecular complexity index is 1410. The number of halogens is 2. The highest BCUT2D eigenvalue weighted by Crippen LogP contribution is 2.39. The first-order valence-electron chi connectivity index (χ1n) is 11.4. The molecule has 2 aromatic rings. The van der Waals surface area contributed by atoms with Crippen LogP contribution in [0.15, 0.2) is 59.7 Å². The number of nitrogens with zero attached hydrogens (tertiary/aromatic N) is 5. The van der Waals surface area contributed by atoms with Gasteiger partial charge in [-0.25, -0.2) is 14.4 Å². The van der Waals surface area contributed by atoms with Crippen molar-refractivity contribution in [2.24, 2.45) is 4.99 Å². The standard InChI is InChI=1S/C25H23ClFN7/c26-20-4-2-1-3-18(20)19-13-16-15-30-25(32-23(16)34-12-9-29-24(19)34)31-22-6-5-17(14-21(22)27)33-10-7-28-8-11-33/h1-6,13-15,28-29H,7-12H2. The molecule has 0 bridgehead atoms. The van der Waals surface area contributed by atoms with Crippen molar-refractivity contribution in [2.75, 3.05) is 42.9 Å². The van der Waals surface area contributed by atoms with Crippen molar-refractivity contribution in [1.29, 1.82) is 0 Å². The molecule has 4 heterocycles. The Balaban J connectivity index is 1.41. The summed E-state index contributed by atoms with van der Waals surface area (Å²) in [6.07, 6.45) is 1.74. The van der Waals surface area contributed by atoms with E-state index in [4.69, 9.17) is 11.6 Å². The molecule has 172 valence electrons. The van der Waals surface area contributed by atoms with E-state index in [0.717, 1.165) is 73.3 Å². The molecular weight excluding hydrogens is 453 g/mol. The number of piperazine rings is 1. The maximum absolute atomic E-state index is 14.9. The van der Waals surface area contributed by atoms with E-state index in [1.54, 1.807) is 12.3 Å². The van der Waals surface area contributed by atoms with Gasteiger partial charge in [0.05, 0.1) is 0 Å². The first-order chi connectivity index (χ1) is 16.7. The zero-order chi connectivity index (χ0) is 23.1. The molecule has 4 aliphatic heterocycles. The van der Waals surface area contributed by atoms with Gasteiger partial charge in [0.25, 0.3) is 5.62 Å². The second-order valence-electron chi connectivity index (χ2n) is 8.40. The van der Waals surface area contributed by atoms with E-state index in [0.29, 0.717) is 5.02 Å². The monoisotopic (exact) mass is 475 g/mol. The molecule has 9 heteroatoms. The first kappa shape index (κ1) is 21.1. The van der Waals surface area contributed by atoms with Crippen molar-refractivity contribution >= 4 is 28.8 Å². The second kappa shape index (κ2) is 8.70. The average Bonchev–Trinajstić information content (AvgIpc) is 3.36. The van der Waals surface area contributed by atoms with Gasteiger partial charge >= 0.3 is 0 Å². The maximum Gasteiger partial charge on any atom is 0.251 e. The minimum atomic E-state index is -0.381. The molecule has 0 spiro atoms. The zero-order valence-corrected chi connectivity index (χ0v) is 19.2. The highest BCUT2D eigenvalue weighted by molar-refractivity contribution is 6.33. The van der Waals surface area contributed by atoms with E-state index in [9.17, 15) is 4.39 Å². The lowest BCUT2D eigenvalue weighted by atomic mass is 10.0. The second-order valence-corrected chi connectivity index (χ2v) is 8.81. The SMILES string of the molecule is Fc1cc(N2CCNCC2)ccc1N=c1ncc2cc(-c3ccccc3Cl)c3n(c-2n1)CCN3. The van der Waals surface area contributed by atoms with Gasteiger partial charge in [0.1, 0.15) is 17.3 Å². The topological polar surface area (TPSA) is 70.4 Å². The number of pyridine rings is 1. The third-order valence-electron chi connectivity index (χ3n) is 6.29. The van der Waals surface area contributed by atoms with Gasteiger partial charge in [-0.1, -0.05) is 29.8 Å². The van der Waals surface area contributed by atoms with Crippen LogP contribution >= 0.6 is 11.6 Å². The summed E-state index contributed by atoms with van der Waals surface area (Å²) >= 11 is 6.48. The Labute approximate surface area is 201 Å². The molecule has 1 fully saturated rings. The fourth-order valence-corrected chi connectivity index (χ4v) is 4.85. The van der Waals surface area contributed by atoms with Gasteiger partial charge in [0, 0.05) is 72.9 Å². The Morgan fingerprint density at radius 3 is 2.65 bits per heavy atom. The maximum atomic E-state index is 14.9. The minimum Gasteiger partial charge on any atom is -0.369 e. The molecule has 0 radical (unpaired) electrons. The van der Waals surface area contributed by atoms with E-state index in [2.05, 4.69) is 35.1 Å². The van der Waals surface area contributed by atoms with Crippen LogP contribution in [0.5, 0.6) is 0 Å². The molecule has 0 atom stereocenters. The number of hydrogen-bond donors (Lipinski definition) is 2. The van der Waals surface area contributed by atoms with Crippen LogP contribution in [-0.2, 0) is 6.54 Å². The summed E-state index contributed by atoms with van der Waals surface area (Å²) in [5.74, 6) is 1.33. The summed E-state index contributed by atoms with van der Waals surface area (Å²) in [5, 5.41) is 7.44. The normalized spacial score (nSPS) is 16.1. The summed E-state index contributed by atoms with van der Waals surface area (Å²) in [7, 11) is 0. The van der Waals surface area contributed by atoms with Crippen molar-refractivity contribution < 1.29 is 4.39 Å². The molecule has 0 aliphatic carbocycles. The number of rotatable bonds is 3. The quantitative estimate of drug-likeness (QED) is 0.470. The fourth-order valence-electron chi connectivity index (χ4n) is 4.61. The van der Waals surface area contributed by atoms with Crippen LogP contribution in [0.4, 0.5) is 21.6 Å². The molecular formula is C25H23ClFN7. The van der Waals surface area contributed by atoms with E-state index >= 15 is 0 Å². The van der Waals surface area contributed by atoms with E-state index in [1.807, 2.05) is 36.4 Å². The summed E-state index contributed by atoms with van der Waals surface area (Å²) in [5.41, 5.74) is 4.14. The minimum absolute atomic E-state index is 0.227. The van der Waals surface area contributed by atoms with Crippen LogP contribution in [0.25, 0.3) is 22.5 Å². The molecule has 7 nitrogen and oxygen atoms in total. The predicted molar refractivity (Wildman–Crippen MR) is 132 cm³/mol. The Morgan fingerprint density at radius 1 is 0.971 bits per heavy atom. The summed E-state index contributed by atoms with van der Waals surface area (Å²) in [6.45, 7) is 5.05. The van der Waals surface area contributed by atoms with Crippen molar-refractivity contribution in [3.8, 4) is 22.5 Å². The zero-order valence-electron chi connectivity index (χ0n) is 18.4. The van der Waals surface area contributed by atoms with Crippen LogP contribution in [0.1, 0.15) is 0 Å². The number of anilines is 2.